The van der Waals surface area contributed by atoms with Gasteiger partial charge in [-0.05, 0) is 40.3 Å². The third-order valence-corrected chi connectivity index (χ3v) is 3.79. The van der Waals surface area contributed by atoms with Gasteiger partial charge in [0.1, 0.15) is 0 Å². The molecule has 0 bridgehead atoms. The van der Waals surface area contributed by atoms with Crippen LogP contribution < -0.4 is 11.3 Å². The van der Waals surface area contributed by atoms with Gasteiger partial charge in [0.15, 0.2) is 5.82 Å². The zero-order chi connectivity index (χ0) is 13.3. The average Bonchev–Trinajstić information content (AvgIpc) is 3.03. The summed E-state index contributed by atoms with van der Waals surface area (Å²) in [5, 5.41) is 0. The number of hydrogen-bond acceptors (Lipinski definition) is 4. The fourth-order valence-corrected chi connectivity index (χ4v) is 2.34. The third kappa shape index (κ3) is 2.81. The normalized spacial score (nSPS) is 21.6. The van der Waals surface area contributed by atoms with E-state index in [0.29, 0.717) is 17.3 Å². The van der Waals surface area contributed by atoms with Crippen LogP contribution >= 0.6 is 15.9 Å². The van der Waals surface area contributed by atoms with Gasteiger partial charge in [-0.15, -0.1) is 0 Å². The quantitative estimate of drug-likeness (QED) is 0.657. The number of anilines is 1. The smallest absolute Gasteiger partial charge is 0.257 e. The molecule has 1 aromatic heterocycles. The van der Waals surface area contributed by atoms with Crippen molar-refractivity contribution in [2.24, 2.45) is 17.7 Å². The Morgan fingerprint density at radius 1 is 1.72 bits per heavy atom. The monoisotopic (exact) mass is 312 g/mol. The summed E-state index contributed by atoms with van der Waals surface area (Å²) in [5.74, 6) is 7.08. The van der Waals surface area contributed by atoms with E-state index in [1.165, 1.54) is 6.42 Å². The maximum Gasteiger partial charge on any atom is 0.257 e. The molecule has 3 N–H and O–H groups in total. The van der Waals surface area contributed by atoms with E-state index in [4.69, 9.17) is 5.84 Å². The van der Waals surface area contributed by atoms with E-state index in [1.54, 1.807) is 17.2 Å². The van der Waals surface area contributed by atoms with Gasteiger partial charge in [0.25, 0.3) is 5.91 Å². The first-order valence-electron chi connectivity index (χ1n) is 5.90. The van der Waals surface area contributed by atoms with Crippen LogP contribution in [0, 0.1) is 11.8 Å². The number of rotatable bonds is 4. The predicted molar refractivity (Wildman–Crippen MR) is 74.0 cm³/mol. The molecule has 1 amide bonds. The second-order valence-electron chi connectivity index (χ2n) is 4.85. The Bertz CT molecular complexity index is 465. The van der Waals surface area contributed by atoms with Crippen molar-refractivity contribution in [3.63, 3.8) is 0 Å². The zero-order valence-corrected chi connectivity index (χ0v) is 12.1. The molecule has 1 aromatic rings. The van der Waals surface area contributed by atoms with E-state index >= 15 is 0 Å². The number of hydrogen-bond donors (Lipinski definition) is 2. The first-order chi connectivity index (χ1) is 8.52. The van der Waals surface area contributed by atoms with Crippen LogP contribution in [0.4, 0.5) is 5.82 Å². The number of nitrogens with zero attached hydrogens (tertiary/aromatic N) is 2. The largest absolute Gasteiger partial charge is 0.341 e. The zero-order valence-electron chi connectivity index (χ0n) is 10.5. The molecule has 0 radical (unpaired) electrons. The van der Waals surface area contributed by atoms with E-state index in [2.05, 4.69) is 33.3 Å². The summed E-state index contributed by atoms with van der Waals surface area (Å²) in [6.07, 6.45) is 2.81. The number of nitrogen functional groups attached to an aromatic ring is 1. The predicted octanol–water partition coefficient (Wildman–Crippen LogP) is 1.86. The summed E-state index contributed by atoms with van der Waals surface area (Å²) in [4.78, 5) is 18.1. The molecule has 1 fully saturated rings. The van der Waals surface area contributed by atoms with Gasteiger partial charge in [-0.3, -0.25) is 4.79 Å². The number of halogens is 1. The Hall–Kier alpha value is -1.14. The van der Waals surface area contributed by atoms with Gasteiger partial charge in [-0.2, -0.15) is 0 Å². The highest BCUT2D eigenvalue weighted by atomic mass is 79.9. The Balaban J connectivity index is 2.14. The van der Waals surface area contributed by atoms with E-state index in [-0.39, 0.29) is 5.91 Å². The molecule has 2 atom stereocenters. The highest BCUT2D eigenvalue weighted by Gasteiger charge is 2.34. The number of carbonyl (C=O) groups excluding carboxylic acids is 1. The highest BCUT2D eigenvalue weighted by molar-refractivity contribution is 9.10. The average molecular weight is 313 g/mol. The number of nitrogens with one attached hydrogen (secondary N) is 1. The van der Waals surface area contributed by atoms with Gasteiger partial charge in [-0.25, -0.2) is 10.8 Å². The Morgan fingerprint density at radius 3 is 2.94 bits per heavy atom. The molecule has 98 valence electrons. The SMILES string of the molecule is CC1CC1CN(C)C(=O)c1cc(Br)cnc1NN. The Labute approximate surface area is 115 Å². The summed E-state index contributed by atoms with van der Waals surface area (Å²) in [7, 11) is 1.81. The number of carbonyl (C=O) groups is 1. The minimum atomic E-state index is -0.0594. The van der Waals surface area contributed by atoms with Crippen molar-refractivity contribution >= 4 is 27.7 Å². The first-order valence-corrected chi connectivity index (χ1v) is 6.70. The molecule has 0 spiro atoms. The maximum atomic E-state index is 12.3. The lowest BCUT2D eigenvalue weighted by Crippen LogP contribution is -2.30. The lowest BCUT2D eigenvalue weighted by atomic mass is 10.2. The fourth-order valence-electron chi connectivity index (χ4n) is 2.01. The van der Waals surface area contributed by atoms with Crippen molar-refractivity contribution in [2.75, 3.05) is 19.0 Å². The number of aromatic nitrogens is 1. The van der Waals surface area contributed by atoms with Crippen LogP contribution in [-0.4, -0.2) is 29.4 Å². The van der Waals surface area contributed by atoms with Crippen molar-refractivity contribution in [3.05, 3.63) is 22.3 Å². The standard InChI is InChI=1S/C12H17BrN4O/c1-7-3-8(7)6-17(2)12(18)10-4-9(13)5-15-11(10)16-14/h4-5,7-8H,3,6,14H2,1-2H3,(H,15,16). The molecular weight excluding hydrogens is 296 g/mol. The summed E-state index contributed by atoms with van der Waals surface area (Å²) in [6, 6.07) is 1.73. The summed E-state index contributed by atoms with van der Waals surface area (Å²) < 4.78 is 0.762. The molecule has 1 saturated carbocycles. The number of amides is 1. The Kier molecular flexibility index (Phi) is 3.87. The molecule has 1 aliphatic carbocycles. The van der Waals surface area contributed by atoms with Crippen molar-refractivity contribution < 1.29 is 4.79 Å². The fraction of sp³-hybridized carbons (Fsp3) is 0.500. The van der Waals surface area contributed by atoms with Gasteiger partial charge in [0, 0.05) is 24.3 Å². The van der Waals surface area contributed by atoms with Crippen molar-refractivity contribution in [1.82, 2.24) is 9.88 Å². The minimum absolute atomic E-state index is 0.0594. The van der Waals surface area contributed by atoms with Crippen LogP contribution in [-0.2, 0) is 0 Å². The lowest BCUT2D eigenvalue weighted by Gasteiger charge is -2.18. The van der Waals surface area contributed by atoms with Gasteiger partial charge in [0.2, 0.25) is 0 Å². The van der Waals surface area contributed by atoms with Gasteiger partial charge in [0.05, 0.1) is 5.56 Å². The number of pyridine rings is 1. The molecular formula is C12H17BrN4O. The van der Waals surface area contributed by atoms with E-state index < -0.39 is 0 Å². The highest BCUT2D eigenvalue weighted by Crippen LogP contribution is 2.38. The third-order valence-electron chi connectivity index (χ3n) is 3.35. The second kappa shape index (κ2) is 5.24. The number of nitrogens with two attached hydrogens (primary N) is 1. The van der Waals surface area contributed by atoms with E-state index in [9.17, 15) is 4.79 Å². The van der Waals surface area contributed by atoms with Crippen LogP contribution in [0.15, 0.2) is 16.7 Å². The number of hydrazine groups is 1. The van der Waals surface area contributed by atoms with Crippen LogP contribution in [0.25, 0.3) is 0 Å². The van der Waals surface area contributed by atoms with Crippen LogP contribution in [0.5, 0.6) is 0 Å². The van der Waals surface area contributed by atoms with E-state index in [0.717, 1.165) is 16.9 Å². The molecule has 1 aliphatic rings. The lowest BCUT2D eigenvalue weighted by molar-refractivity contribution is 0.0787. The second-order valence-corrected chi connectivity index (χ2v) is 5.77. The van der Waals surface area contributed by atoms with Gasteiger partial charge < -0.3 is 10.3 Å². The van der Waals surface area contributed by atoms with Gasteiger partial charge >= 0.3 is 0 Å². The topological polar surface area (TPSA) is 71.2 Å². The summed E-state index contributed by atoms with van der Waals surface area (Å²) >= 11 is 3.31. The van der Waals surface area contributed by atoms with Crippen LogP contribution in [0.3, 0.4) is 0 Å². The minimum Gasteiger partial charge on any atom is -0.341 e. The van der Waals surface area contributed by atoms with Crippen LogP contribution in [0.2, 0.25) is 0 Å². The molecule has 6 heteroatoms. The summed E-state index contributed by atoms with van der Waals surface area (Å²) in [6.45, 7) is 2.99. The molecule has 5 nitrogen and oxygen atoms in total. The maximum absolute atomic E-state index is 12.3. The first kappa shape index (κ1) is 13.3. The molecule has 2 rings (SSSR count). The molecule has 1 heterocycles. The van der Waals surface area contributed by atoms with E-state index in [1.807, 2.05) is 7.05 Å². The molecule has 0 aromatic carbocycles. The summed E-state index contributed by atoms with van der Waals surface area (Å²) in [5.41, 5.74) is 2.95. The molecule has 2 unspecified atom stereocenters. The van der Waals surface area contributed by atoms with Crippen molar-refractivity contribution in [2.45, 2.75) is 13.3 Å². The molecule has 18 heavy (non-hydrogen) atoms. The van der Waals surface area contributed by atoms with Crippen molar-refractivity contribution in [1.29, 1.82) is 0 Å². The molecule has 0 aliphatic heterocycles. The Morgan fingerprint density at radius 2 is 2.39 bits per heavy atom. The molecule has 0 saturated heterocycles. The van der Waals surface area contributed by atoms with Gasteiger partial charge in [-0.1, -0.05) is 6.92 Å². The van der Waals surface area contributed by atoms with Crippen molar-refractivity contribution in [3.8, 4) is 0 Å². The van der Waals surface area contributed by atoms with Crippen LogP contribution in [0.1, 0.15) is 23.7 Å².